The van der Waals surface area contributed by atoms with E-state index in [0.29, 0.717) is 12.5 Å². The van der Waals surface area contributed by atoms with Crippen LogP contribution in [0.2, 0.25) is 0 Å². The summed E-state index contributed by atoms with van der Waals surface area (Å²) < 4.78 is 5.28. The molecule has 0 aliphatic carbocycles. The third-order valence-corrected chi connectivity index (χ3v) is 3.24. The Kier molecular flexibility index (Phi) is 7.65. The lowest BCUT2D eigenvalue weighted by Gasteiger charge is -2.12. The van der Waals surface area contributed by atoms with Crippen LogP contribution in [-0.2, 0) is 6.54 Å². The first kappa shape index (κ1) is 17.3. The van der Waals surface area contributed by atoms with Gasteiger partial charge < -0.3 is 15.4 Å². The first-order chi connectivity index (χ1) is 10.1. The van der Waals surface area contributed by atoms with Gasteiger partial charge in [-0.2, -0.15) is 0 Å². The van der Waals surface area contributed by atoms with Crippen molar-refractivity contribution in [3.63, 3.8) is 0 Å². The SMILES string of the molecule is CCNC(=NCc1ccc(OC)c(C)c1)NCCC(C)C. The van der Waals surface area contributed by atoms with Crippen molar-refractivity contribution in [2.75, 3.05) is 20.2 Å². The lowest BCUT2D eigenvalue weighted by atomic mass is 10.1. The van der Waals surface area contributed by atoms with Crippen molar-refractivity contribution in [3.05, 3.63) is 29.3 Å². The number of guanidine groups is 1. The van der Waals surface area contributed by atoms with Crippen molar-refractivity contribution in [1.82, 2.24) is 10.6 Å². The molecule has 1 rings (SSSR count). The van der Waals surface area contributed by atoms with Gasteiger partial charge in [0.05, 0.1) is 13.7 Å². The second kappa shape index (κ2) is 9.27. The van der Waals surface area contributed by atoms with Crippen LogP contribution in [0.5, 0.6) is 5.75 Å². The van der Waals surface area contributed by atoms with Crippen molar-refractivity contribution in [2.24, 2.45) is 10.9 Å². The molecule has 2 N–H and O–H groups in total. The van der Waals surface area contributed by atoms with Crippen LogP contribution in [-0.4, -0.2) is 26.2 Å². The van der Waals surface area contributed by atoms with Gasteiger partial charge in [-0.25, -0.2) is 4.99 Å². The van der Waals surface area contributed by atoms with Gasteiger partial charge in [-0.3, -0.25) is 0 Å². The van der Waals surface area contributed by atoms with Gasteiger partial charge in [-0.1, -0.05) is 26.0 Å². The van der Waals surface area contributed by atoms with Gasteiger partial charge in [-0.05, 0) is 43.4 Å². The van der Waals surface area contributed by atoms with Crippen molar-refractivity contribution in [2.45, 2.75) is 40.7 Å². The summed E-state index contributed by atoms with van der Waals surface area (Å²) in [6.07, 6.45) is 1.14. The number of aryl methyl sites for hydroxylation is 1. The maximum Gasteiger partial charge on any atom is 0.191 e. The molecule has 0 saturated carbocycles. The molecule has 0 aliphatic rings. The predicted molar refractivity (Wildman–Crippen MR) is 90.0 cm³/mol. The summed E-state index contributed by atoms with van der Waals surface area (Å²) in [6.45, 7) is 11.1. The lowest BCUT2D eigenvalue weighted by molar-refractivity contribution is 0.411. The Morgan fingerprint density at radius 1 is 1.29 bits per heavy atom. The summed E-state index contributed by atoms with van der Waals surface area (Å²) in [6, 6.07) is 6.19. The Morgan fingerprint density at radius 3 is 2.62 bits per heavy atom. The first-order valence-corrected chi connectivity index (χ1v) is 7.72. The highest BCUT2D eigenvalue weighted by molar-refractivity contribution is 5.79. The van der Waals surface area contributed by atoms with E-state index in [4.69, 9.17) is 4.74 Å². The molecule has 0 aromatic heterocycles. The number of nitrogens with zero attached hydrogens (tertiary/aromatic N) is 1. The Balaban J connectivity index is 2.62. The van der Waals surface area contributed by atoms with Crippen LogP contribution < -0.4 is 15.4 Å². The molecular formula is C17H29N3O. The smallest absolute Gasteiger partial charge is 0.191 e. The second-order valence-corrected chi connectivity index (χ2v) is 5.61. The molecule has 0 radical (unpaired) electrons. The van der Waals surface area contributed by atoms with Gasteiger partial charge in [0.1, 0.15) is 5.75 Å². The van der Waals surface area contributed by atoms with Crippen LogP contribution in [0.1, 0.15) is 38.3 Å². The number of ether oxygens (including phenoxy) is 1. The van der Waals surface area contributed by atoms with E-state index in [2.05, 4.69) is 55.5 Å². The second-order valence-electron chi connectivity index (χ2n) is 5.61. The zero-order valence-electron chi connectivity index (χ0n) is 14.0. The van der Waals surface area contributed by atoms with Crippen molar-refractivity contribution < 1.29 is 4.74 Å². The minimum absolute atomic E-state index is 0.668. The molecule has 21 heavy (non-hydrogen) atoms. The molecule has 0 bridgehead atoms. The molecule has 1 aromatic carbocycles. The van der Waals surface area contributed by atoms with Crippen LogP contribution in [0.3, 0.4) is 0 Å². The molecule has 1 aromatic rings. The summed E-state index contributed by atoms with van der Waals surface area (Å²) in [5.74, 6) is 2.50. The summed E-state index contributed by atoms with van der Waals surface area (Å²) in [5, 5.41) is 6.65. The third kappa shape index (κ3) is 6.52. The van der Waals surface area contributed by atoms with Gasteiger partial charge in [0.2, 0.25) is 0 Å². The van der Waals surface area contributed by atoms with Gasteiger partial charge >= 0.3 is 0 Å². The average molecular weight is 291 g/mol. The van der Waals surface area contributed by atoms with E-state index in [1.165, 1.54) is 5.56 Å². The molecule has 0 fully saturated rings. The highest BCUT2D eigenvalue weighted by Gasteiger charge is 2.01. The molecular weight excluding hydrogens is 262 g/mol. The monoisotopic (exact) mass is 291 g/mol. The number of rotatable bonds is 7. The van der Waals surface area contributed by atoms with Crippen molar-refractivity contribution >= 4 is 5.96 Å². The van der Waals surface area contributed by atoms with Crippen molar-refractivity contribution in [1.29, 1.82) is 0 Å². The number of methoxy groups -OCH3 is 1. The fourth-order valence-corrected chi connectivity index (χ4v) is 2.03. The van der Waals surface area contributed by atoms with Crippen molar-refractivity contribution in [3.8, 4) is 5.75 Å². The fraction of sp³-hybridized carbons (Fsp3) is 0.588. The Hall–Kier alpha value is -1.71. The van der Waals surface area contributed by atoms with Crippen LogP contribution in [0.4, 0.5) is 0 Å². The third-order valence-electron chi connectivity index (χ3n) is 3.24. The van der Waals surface area contributed by atoms with Crippen LogP contribution >= 0.6 is 0 Å². The Labute approximate surface area is 129 Å². The number of hydrogen-bond donors (Lipinski definition) is 2. The Morgan fingerprint density at radius 2 is 2.05 bits per heavy atom. The maximum atomic E-state index is 5.28. The topological polar surface area (TPSA) is 45.7 Å². The molecule has 118 valence electrons. The van der Waals surface area contributed by atoms with E-state index in [9.17, 15) is 0 Å². The van der Waals surface area contributed by atoms with E-state index < -0.39 is 0 Å². The highest BCUT2D eigenvalue weighted by Crippen LogP contribution is 2.18. The molecule has 0 aliphatic heterocycles. The standard InChI is InChI=1S/C17H29N3O/c1-6-18-17(19-10-9-13(2)3)20-12-15-7-8-16(21-5)14(4)11-15/h7-8,11,13H,6,9-10,12H2,1-5H3,(H2,18,19,20). The molecule has 0 spiro atoms. The van der Waals surface area contributed by atoms with Crippen LogP contribution in [0.25, 0.3) is 0 Å². The molecule has 4 nitrogen and oxygen atoms in total. The van der Waals surface area contributed by atoms with Crippen LogP contribution in [0.15, 0.2) is 23.2 Å². The quantitative estimate of drug-likeness (QED) is 0.599. The van der Waals surface area contributed by atoms with E-state index in [0.717, 1.165) is 36.8 Å². The predicted octanol–water partition coefficient (Wildman–Crippen LogP) is 3.10. The molecule has 0 unspecified atom stereocenters. The first-order valence-electron chi connectivity index (χ1n) is 7.72. The minimum atomic E-state index is 0.668. The maximum absolute atomic E-state index is 5.28. The zero-order valence-corrected chi connectivity index (χ0v) is 14.0. The minimum Gasteiger partial charge on any atom is -0.496 e. The number of nitrogens with one attached hydrogen (secondary N) is 2. The summed E-state index contributed by atoms with van der Waals surface area (Å²) >= 11 is 0. The molecule has 0 saturated heterocycles. The number of hydrogen-bond acceptors (Lipinski definition) is 2. The largest absolute Gasteiger partial charge is 0.496 e. The van der Waals surface area contributed by atoms with Gasteiger partial charge in [-0.15, -0.1) is 0 Å². The summed E-state index contributed by atoms with van der Waals surface area (Å²) in [7, 11) is 1.70. The van der Waals surface area contributed by atoms with Gasteiger partial charge in [0.25, 0.3) is 0 Å². The zero-order chi connectivity index (χ0) is 15.7. The number of benzene rings is 1. The van der Waals surface area contributed by atoms with E-state index >= 15 is 0 Å². The van der Waals surface area contributed by atoms with Gasteiger partial charge in [0.15, 0.2) is 5.96 Å². The summed E-state index contributed by atoms with van der Waals surface area (Å²) in [5.41, 5.74) is 2.33. The molecule has 0 atom stereocenters. The average Bonchev–Trinajstić information content (AvgIpc) is 2.44. The number of aliphatic imine (C=N–C) groups is 1. The highest BCUT2D eigenvalue weighted by atomic mass is 16.5. The van der Waals surface area contributed by atoms with Crippen LogP contribution in [0, 0.1) is 12.8 Å². The normalized spacial score (nSPS) is 11.6. The van der Waals surface area contributed by atoms with E-state index in [1.807, 2.05) is 6.07 Å². The molecule has 0 heterocycles. The van der Waals surface area contributed by atoms with E-state index in [-0.39, 0.29) is 0 Å². The summed E-state index contributed by atoms with van der Waals surface area (Å²) in [4.78, 5) is 4.63. The van der Waals surface area contributed by atoms with Gasteiger partial charge in [0, 0.05) is 13.1 Å². The molecule has 0 amide bonds. The Bertz CT molecular complexity index is 455. The molecule has 4 heteroatoms. The lowest BCUT2D eigenvalue weighted by Crippen LogP contribution is -2.38. The van der Waals surface area contributed by atoms with E-state index in [1.54, 1.807) is 7.11 Å². The fourth-order valence-electron chi connectivity index (χ4n) is 2.03.